The smallest absolute Gasteiger partial charge is 0.0361 e. The quantitative estimate of drug-likeness (QED) is 0.773. The molecule has 1 heterocycles. The Hall–Kier alpha value is 0.140. The van der Waals surface area contributed by atoms with Gasteiger partial charge in [-0.25, -0.2) is 0 Å². The van der Waals surface area contributed by atoms with E-state index in [1.165, 1.54) is 14.2 Å². The van der Waals surface area contributed by atoms with Crippen molar-refractivity contribution in [1.29, 1.82) is 0 Å². The number of nitrogens with two attached hydrogens (primary N) is 1. The van der Waals surface area contributed by atoms with E-state index in [9.17, 15) is 0 Å². The molecule has 0 aliphatic heterocycles. The van der Waals surface area contributed by atoms with E-state index in [0.717, 1.165) is 0 Å². The van der Waals surface area contributed by atoms with Crippen LogP contribution < -0.4 is 5.73 Å². The van der Waals surface area contributed by atoms with Gasteiger partial charge >= 0.3 is 0 Å². The molecule has 0 radical (unpaired) electrons. The summed E-state index contributed by atoms with van der Waals surface area (Å²) in [6, 6.07) is 2.25. The highest BCUT2D eigenvalue weighted by Gasteiger charge is 2.05. The molecule has 1 aromatic heterocycles. The van der Waals surface area contributed by atoms with Crippen LogP contribution in [0.25, 0.3) is 0 Å². The van der Waals surface area contributed by atoms with Gasteiger partial charge in [-0.2, -0.15) is 0 Å². The van der Waals surface area contributed by atoms with Crippen molar-refractivity contribution in [2.24, 2.45) is 5.73 Å². The average Bonchev–Trinajstić information content (AvgIpc) is 2.13. The van der Waals surface area contributed by atoms with E-state index in [1.54, 1.807) is 11.3 Å². The van der Waals surface area contributed by atoms with Crippen LogP contribution in [0.5, 0.6) is 0 Å². The van der Waals surface area contributed by atoms with Crippen LogP contribution in [-0.4, -0.2) is 0 Å². The summed E-state index contributed by atoms with van der Waals surface area (Å²) in [5.74, 6) is 0. The van der Waals surface area contributed by atoms with Crippen molar-refractivity contribution in [3.63, 3.8) is 0 Å². The van der Waals surface area contributed by atoms with Crippen molar-refractivity contribution in [2.75, 3.05) is 0 Å². The molecule has 0 aromatic carbocycles. The minimum absolute atomic E-state index is 0.162. The molecule has 2 N–H and O–H groups in total. The minimum Gasteiger partial charge on any atom is -0.324 e. The molecule has 0 amide bonds. The van der Waals surface area contributed by atoms with Crippen molar-refractivity contribution in [2.45, 2.75) is 19.9 Å². The van der Waals surface area contributed by atoms with Crippen LogP contribution in [-0.2, 0) is 0 Å². The lowest BCUT2D eigenvalue weighted by atomic mass is 10.3. The predicted octanol–water partition coefficient (Wildman–Crippen LogP) is 2.84. The van der Waals surface area contributed by atoms with E-state index in [0.29, 0.717) is 0 Å². The molecule has 0 fully saturated rings. The van der Waals surface area contributed by atoms with E-state index in [1.807, 2.05) is 6.92 Å². The Balaban J connectivity index is 2.98. The third kappa shape index (κ3) is 1.59. The molecule has 0 bridgehead atoms. The zero-order valence-corrected chi connectivity index (χ0v) is 8.42. The Kier molecular flexibility index (Phi) is 2.50. The average molecular weight is 220 g/mol. The summed E-state index contributed by atoms with van der Waals surface area (Å²) >= 11 is 5.19. The van der Waals surface area contributed by atoms with Crippen LogP contribution in [0, 0.1) is 6.92 Å². The van der Waals surface area contributed by atoms with Gasteiger partial charge in [0.1, 0.15) is 0 Å². The Morgan fingerprint density at radius 1 is 1.70 bits per heavy atom. The van der Waals surface area contributed by atoms with E-state index in [-0.39, 0.29) is 6.04 Å². The maximum Gasteiger partial charge on any atom is 0.0361 e. The van der Waals surface area contributed by atoms with Crippen LogP contribution in [0.2, 0.25) is 0 Å². The Morgan fingerprint density at radius 2 is 2.30 bits per heavy atom. The normalized spacial score (nSPS) is 13.6. The van der Waals surface area contributed by atoms with Gasteiger partial charge in [0.15, 0.2) is 0 Å². The lowest BCUT2D eigenvalue weighted by molar-refractivity contribution is 0.838. The molecular weight excluding hydrogens is 210 g/mol. The van der Waals surface area contributed by atoms with Crippen molar-refractivity contribution in [3.8, 4) is 0 Å². The molecule has 0 aliphatic rings. The number of halogens is 1. The molecule has 1 nitrogen and oxygen atoms in total. The van der Waals surface area contributed by atoms with Gasteiger partial charge in [-0.05, 0) is 35.8 Å². The van der Waals surface area contributed by atoms with Crippen molar-refractivity contribution >= 4 is 27.3 Å². The highest BCUT2D eigenvalue weighted by Crippen LogP contribution is 2.29. The fraction of sp³-hybridized carbons (Fsp3) is 0.429. The summed E-state index contributed by atoms with van der Waals surface area (Å²) in [5.41, 5.74) is 5.69. The summed E-state index contributed by atoms with van der Waals surface area (Å²) < 4.78 is 1.17. The largest absolute Gasteiger partial charge is 0.324 e. The predicted molar refractivity (Wildman–Crippen MR) is 49.4 cm³/mol. The second-order valence-corrected chi connectivity index (χ2v) is 4.48. The minimum atomic E-state index is 0.162. The first-order valence-electron chi connectivity index (χ1n) is 3.12. The molecule has 1 rings (SSSR count). The van der Waals surface area contributed by atoms with Gasteiger partial charge in [0.05, 0.1) is 0 Å². The van der Waals surface area contributed by atoms with Gasteiger partial charge < -0.3 is 5.73 Å². The van der Waals surface area contributed by atoms with Gasteiger partial charge in [0, 0.05) is 20.3 Å². The number of hydrogen-bond acceptors (Lipinski definition) is 2. The third-order valence-corrected chi connectivity index (χ3v) is 3.66. The zero-order chi connectivity index (χ0) is 7.72. The van der Waals surface area contributed by atoms with Crippen LogP contribution in [0.3, 0.4) is 0 Å². The second-order valence-electron chi connectivity index (χ2n) is 2.34. The molecule has 3 heteroatoms. The van der Waals surface area contributed by atoms with E-state index >= 15 is 0 Å². The summed E-state index contributed by atoms with van der Waals surface area (Å²) in [5, 5.41) is 0. The number of thiophene rings is 1. The van der Waals surface area contributed by atoms with Crippen LogP contribution >= 0.6 is 27.3 Å². The maximum atomic E-state index is 5.69. The van der Waals surface area contributed by atoms with Gasteiger partial charge in [0.2, 0.25) is 0 Å². The van der Waals surface area contributed by atoms with Crippen LogP contribution in [0.4, 0.5) is 0 Å². The first-order chi connectivity index (χ1) is 4.61. The summed E-state index contributed by atoms with van der Waals surface area (Å²) in [6.45, 7) is 4.08. The summed E-state index contributed by atoms with van der Waals surface area (Å²) in [6.07, 6.45) is 0. The molecular formula is C7H10BrNS. The molecule has 0 unspecified atom stereocenters. The monoisotopic (exact) mass is 219 g/mol. The fourth-order valence-corrected chi connectivity index (χ4v) is 2.22. The molecule has 10 heavy (non-hydrogen) atoms. The van der Waals surface area contributed by atoms with Crippen LogP contribution in [0.1, 0.15) is 22.7 Å². The third-order valence-electron chi connectivity index (χ3n) is 1.33. The van der Waals surface area contributed by atoms with Gasteiger partial charge in [-0.15, -0.1) is 11.3 Å². The second kappa shape index (κ2) is 3.03. The topological polar surface area (TPSA) is 26.0 Å². The Labute approximate surface area is 73.4 Å². The molecule has 1 atom stereocenters. The molecule has 0 saturated heterocycles. The zero-order valence-electron chi connectivity index (χ0n) is 6.02. The summed E-state index contributed by atoms with van der Waals surface area (Å²) in [4.78, 5) is 2.54. The maximum absolute atomic E-state index is 5.69. The molecule has 56 valence electrons. The summed E-state index contributed by atoms with van der Waals surface area (Å²) in [7, 11) is 0. The van der Waals surface area contributed by atoms with Gasteiger partial charge in [-0.1, -0.05) is 0 Å². The van der Waals surface area contributed by atoms with E-state index in [4.69, 9.17) is 5.73 Å². The number of rotatable bonds is 1. The molecule has 0 spiro atoms. The van der Waals surface area contributed by atoms with Crippen molar-refractivity contribution in [3.05, 3.63) is 20.3 Å². The van der Waals surface area contributed by atoms with Gasteiger partial charge in [0.25, 0.3) is 0 Å². The number of hydrogen-bond donors (Lipinski definition) is 1. The molecule has 0 saturated carbocycles. The van der Waals surface area contributed by atoms with Crippen molar-refractivity contribution in [1.82, 2.24) is 0 Å². The molecule has 1 aromatic rings. The first-order valence-corrected chi connectivity index (χ1v) is 4.73. The van der Waals surface area contributed by atoms with Crippen molar-refractivity contribution < 1.29 is 0 Å². The lowest BCUT2D eigenvalue weighted by Gasteiger charge is -1.96. The number of aryl methyl sites for hydroxylation is 1. The highest BCUT2D eigenvalue weighted by atomic mass is 79.9. The van der Waals surface area contributed by atoms with Crippen LogP contribution in [0.15, 0.2) is 10.5 Å². The Morgan fingerprint density at radius 3 is 2.50 bits per heavy atom. The Bertz CT molecular complexity index is 210. The standard InChI is InChI=1S/C7H10BrNS/c1-4(9)7-3-6(8)5(2)10-7/h3-4H,9H2,1-2H3/t4-/m1/s1. The van der Waals surface area contributed by atoms with E-state index < -0.39 is 0 Å². The fourth-order valence-electron chi connectivity index (χ4n) is 0.706. The molecule has 0 aliphatic carbocycles. The lowest BCUT2D eigenvalue weighted by Crippen LogP contribution is -2.01. The first kappa shape index (κ1) is 8.24. The SMILES string of the molecule is Cc1sc([C@@H](C)N)cc1Br. The highest BCUT2D eigenvalue weighted by molar-refractivity contribution is 9.10. The van der Waals surface area contributed by atoms with Gasteiger partial charge in [-0.3, -0.25) is 0 Å². The van der Waals surface area contributed by atoms with E-state index in [2.05, 4.69) is 28.9 Å².